The first-order valence-electron chi connectivity index (χ1n) is 9.18. The van der Waals surface area contributed by atoms with Gasteiger partial charge >= 0.3 is 0 Å². The first-order chi connectivity index (χ1) is 13.9. The van der Waals surface area contributed by atoms with Crippen molar-refractivity contribution in [1.82, 2.24) is 15.0 Å². The summed E-state index contributed by atoms with van der Waals surface area (Å²) < 4.78 is 0. The van der Waals surface area contributed by atoms with Crippen LogP contribution in [0.3, 0.4) is 0 Å². The number of rotatable bonds is 3. The summed E-state index contributed by atoms with van der Waals surface area (Å²) >= 11 is 0. The average Bonchev–Trinajstić information content (AvgIpc) is 2.79. The van der Waals surface area contributed by atoms with Gasteiger partial charge in [-0.2, -0.15) is 0 Å². The monoisotopic (exact) mass is 359 g/mol. The molecule has 0 fully saturated rings. The molecule has 3 heteroatoms. The highest BCUT2D eigenvalue weighted by Gasteiger charge is 2.08. The third kappa shape index (κ3) is 3.03. The maximum absolute atomic E-state index is 4.65. The van der Waals surface area contributed by atoms with E-state index in [-0.39, 0.29) is 0 Å². The standard InChI is InChI=1S/C25H17N3/c1-2-7-24-19(4-1)10-13-28-25(24)21-6-3-5-20(14-21)23-15-22(16-27-17-23)18-8-11-26-12-9-18/h1-17H. The predicted octanol–water partition coefficient (Wildman–Crippen LogP) is 6.03. The molecule has 0 bridgehead atoms. The van der Waals surface area contributed by atoms with E-state index in [4.69, 9.17) is 0 Å². The molecule has 3 aromatic heterocycles. The van der Waals surface area contributed by atoms with E-state index < -0.39 is 0 Å². The van der Waals surface area contributed by atoms with Crippen molar-refractivity contribution in [3.63, 3.8) is 0 Å². The Morgan fingerprint density at radius 2 is 1.25 bits per heavy atom. The molecule has 0 spiro atoms. The van der Waals surface area contributed by atoms with Crippen LogP contribution in [0.5, 0.6) is 0 Å². The fraction of sp³-hybridized carbons (Fsp3) is 0. The van der Waals surface area contributed by atoms with E-state index in [1.165, 1.54) is 5.39 Å². The van der Waals surface area contributed by atoms with Crippen LogP contribution in [-0.2, 0) is 0 Å². The van der Waals surface area contributed by atoms with Gasteiger partial charge in [-0.3, -0.25) is 15.0 Å². The molecule has 5 rings (SSSR count). The van der Waals surface area contributed by atoms with Crippen LogP contribution < -0.4 is 0 Å². The van der Waals surface area contributed by atoms with Gasteiger partial charge in [-0.05, 0) is 46.8 Å². The lowest BCUT2D eigenvalue weighted by Gasteiger charge is -2.09. The lowest BCUT2D eigenvalue weighted by molar-refractivity contribution is 1.30. The summed E-state index contributed by atoms with van der Waals surface area (Å²) in [5, 5.41) is 2.35. The molecule has 0 amide bonds. The summed E-state index contributed by atoms with van der Waals surface area (Å²) in [4.78, 5) is 13.2. The molecule has 0 saturated carbocycles. The van der Waals surface area contributed by atoms with Gasteiger partial charge in [-0.25, -0.2) is 0 Å². The Hall–Kier alpha value is -3.85. The Morgan fingerprint density at radius 3 is 2.14 bits per heavy atom. The van der Waals surface area contributed by atoms with Crippen molar-refractivity contribution in [3.05, 3.63) is 104 Å². The molecule has 3 nitrogen and oxygen atoms in total. The van der Waals surface area contributed by atoms with Crippen molar-refractivity contribution >= 4 is 10.8 Å². The van der Waals surface area contributed by atoms with Gasteiger partial charge in [0, 0.05) is 53.1 Å². The predicted molar refractivity (Wildman–Crippen MR) is 114 cm³/mol. The van der Waals surface area contributed by atoms with Crippen LogP contribution in [0.4, 0.5) is 0 Å². The van der Waals surface area contributed by atoms with Gasteiger partial charge in [0.15, 0.2) is 0 Å². The highest BCUT2D eigenvalue weighted by atomic mass is 14.7. The minimum absolute atomic E-state index is 0.998. The molecule has 3 heterocycles. The smallest absolute Gasteiger partial charge is 0.0780 e. The van der Waals surface area contributed by atoms with Gasteiger partial charge in [-0.1, -0.05) is 42.5 Å². The van der Waals surface area contributed by atoms with Crippen LogP contribution in [-0.4, -0.2) is 15.0 Å². The minimum Gasteiger partial charge on any atom is -0.265 e. The molecule has 5 aromatic rings. The van der Waals surface area contributed by atoms with E-state index in [0.29, 0.717) is 0 Å². The summed E-state index contributed by atoms with van der Waals surface area (Å²) in [7, 11) is 0. The zero-order valence-corrected chi connectivity index (χ0v) is 15.2. The van der Waals surface area contributed by atoms with Crippen LogP contribution in [0.1, 0.15) is 0 Å². The molecule has 0 saturated heterocycles. The van der Waals surface area contributed by atoms with E-state index in [0.717, 1.165) is 38.9 Å². The maximum atomic E-state index is 4.65. The average molecular weight is 359 g/mol. The molecule has 28 heavy (non-hydrogen) atoms. The molecule has 132 valence electrons. The van der Waals surface area contributed by atoms with Crippen LogP contribution in [0.2, 0.25) is 0 Å². The molecule has 0 aliphatic carbocycles. The minimum atomic E-state index is 0.998. The van der Waals surface area contributed by atoms with Gasteiger partial charge in [0.1, 0.15) is 0 Å². The molecule has 2 aromatic carbocycles. The molecule has 0 aliphatic heterocycles. The lowest BCUT2D eigenvalue weighted by Crippen LogP contribution is -1.88. The summed E-state index contributed by atoms with van der Waals surface area (Å²) in [6.45, 7) is 0. The van der Waals surface area contributed by atoms with Gasteiger partial charge in [-0.15, -0.1) is 0 Å². The number of nitrogens with zero attached hydrogens (tertiary/aromatic N) is 3. The topological polar surface area (TPSA) is 38.7 Å². The van der Waals surface area contributed by atoms with Crippen molar-refractivity contribution in [2.24, 2.45) is 0 Å². The van der Waals surface area contributed by atoms with Crippen LogP contribution in [0, 0.1) is 0 Å². The fourth-order valence-electron chi connectivity index (χ4n) is 3.50. The first-order valence-corrected chi connectivity index (χ1v) is 9.18. The first kappa shape index (κ1) is 16.3. The van der Waals surface area contributed by atoms with E-state index in [1.807, 2.05) is 36.8 Å². The van der Waals surface area contributed by atoms with Crippen LogP contribution >= 0.6 is 0 Å². The molecule has 0 radical (unpaired) electrons. The highest BCUT2D eigenvalue weighted by Crippen LogP contribution is 2.31. The van der Waals surface area contributed by atoms with E-state index in [2.05, 4.69) is 69.5 Å². The number of fused-ring (bicyclic) bond motifs is 1. The number of hydrogen-bond donors (Lipinski definition) is 0. The molecule has 0 aliphatic rings. The summed E-state index contributed by atoms with van der Waals surface area (Å²) in [5.74, 6) is 0. The Kier molecular flexibility index (Phi) is 4.11. The molecular formula is C25H17N3. The van der Waals surface area contributed by atoms with Gasteiger partial charge in [0.2, 0.25) is 0 Å². The Labute approximate surface area is 163 Å². The largest absolute Gasteiger partial charge is 0.265 e. The third-order valence-corrected chi connectivity index (χ3v) is 4.89. The zero-order valence-electron chi connectivity index (χ0n) is 15.2. The number of pyridine rings is 3. The second-order valence-electron chi connectivity index (χ2n) is 6.66. The highest BCUT2D eigenvalue weighted by molar-refractivity contribution is 5.95. The Balaban J connectivity index is 1.60. The molecule has 0 atom stereocenters. The Morgan fingerprint density at radius 1 is 0.500 bits per heavy atom. The third-order valence-electron chi connectivity index (χ3n) is 4.89. The summed E-state index contributed by atoms with van der Waals surface area (Å²) in [6.07, 6.45) is 9.26. The van der Waals surface area contributed by atoms with E-state index >= 15 is 0 Å². The van der Waals surface area contributed by atoms with Crippen molar-refractivity contribution in [2.75, 3.05) is 0 Å². The SMILES string of the molecule is c1cc(-c2cncc(-c3ccncc3)c2)cc(-c2nccc3ccccc23)c1. The number of aromatic nitrogens is 3. The quantitative estimate of drug-likeness (QED) is 0.395. The lowest BCUT2D eigenvalue weighted by atomic mass is 9.98. The van der Waals surface area contributed by atoms with Crippen LogP contribution in [0.25, 0.3) is 44.3 Å². The van der Waals surface area contributed by atoms with E-state index in [1.54, 1.807) is 12.4 Å². The molecule has 0 unspecified atom stereocenters. The number of hydrogen-bond acceptors (Lipinski definition) is 3. The van der Waals surface area contributed by atoms with Gasteiger partial charge < -0.3 is 0 Å². The van der Waals surface area contributed by atoms with Gasteiger partial charge in [0.05, 0.1) is 5.69 Å². The summed E-state index contributed by atoms with van der Waals surface area (Å²) in [6, 6.07) is 25.0. The Bertz CT molecular complexity index is 1260. The van der Waals surface area contributed by atoms with Crippen molar-refractivity contribution in [1.29, 1.82) is 0 Å². The van der Waals surface area contributed by atoms with Crippen molar-refractivity contribution in [3.8, 4) is 33.5 Å². The fourth-order valence-corrected chi connectivity index (χ4v) is 3.50. The second-order valence-corrected chi connectivity index (χ2v) is 6.66. The van der Waals surface area contributed by atoms with Gasteiger partial charge in [0.25, 0.3) is 0 Å². The zero-order chi connectivity index (χ0) is 18.8. The van der Waals surface area contributed by atoms with Crippen LogP contribution in [0.15, 0.2) is 104 Å². The maximum Gasteiger partial charge on any atom is 0.0780 e. The normalized spacial score (nSPS) is 10.9. The molecule has 0 N–H and O–H groups in total. The van der Waals surface area contributed by atoms with E-state index in [9.17, 15) is 0 Å². The van der Waals surface area contributed by atoms with Crippen molar-refractivity contribution < 1.29 is 0 Å². The second kappa shape index (κ2) is 7.05. The number of benzene rings is 2. The van der Waals surface area contributed by atoms with Crippen molar-refractivity contribution in [2.45, 2.75) is 0 Å². The summed E-state index contributed by atoms with van der Waals surface area (Å²) in [5.41, 5.74) is 6.48. The molecular weight excluding hydrogens is 342 g/mol.